The van der Waals surface area contributed by atoms with Crippen molar-refractivity contribution in [2.24, 2.45) is 0 Å². The summed E-state index contributed by atoms with van der Waals surface area (Å²) in [7, 11) is 0. The molecule has 0 fully saturated rings. The van der Waals surface area contributed by atoms with Crippen LogP contribution in [0.1, 0.15) is 11.3 Å². The van der Waals surface area contributed by atoms with Crippen LogP contribution in [0.15, 0.2) is 66.7 Å². The quantitative estimate of drug-likeness (QED) is 0.616. The van der Waals surface area contributed by atoms with E-state index in [0.29, 0.717) is 17.5 Å². The van der Waals surface area contributed by atoms with E-state index in [4.69, 9.17) is 10.7 Å². The molecule has 2 aromatic heterocycles. The minimum atomic E-state index is -0.273. The number of nitrogen functional groups attached to an aromatic ring is 1. The first kappa shape index (κ1) is 15.2. The monoisotopic (exact) mass is 330 g/mol. The van der Waals surface area contributed by atoms with Crippen molar-refractivity contribution in [2.45, 2.75) is 6.42 Å². The Hall–Kier alpha value is -3.34. The molecule has 0 bridgehead atoms. The van der Waals surface area contributed by atoms with E-state index in [1.807, 2.05) is 42.5 Å². The number of aromatic nitrogens is 3. The molecular formula is C20H15FN4. The molecule has 122 valence electrons. The molecule has 0 atom stereocenters. The Balaban J connectivity index is 1.83. The van der Waals surface area contributed by atoms with Crippen LogP contribution in [0.2, 0.25) is 0 Å². The predicted molar refractivity (Wildman–Crippen MR) is 96.4 cm³/mol. The summed E-state index contributed by atoms with van der Waals surface area (Å²) in [4.78, 5) is 13.4. The van der Waals surface area contributed by atoms with Gasteiger partial charge in [0.2, 0.25) is 5.95 Å². The molecule has 5 heteroatoms. The van der Waals surface area contributed by atoms with Gasteiger partial charge in [0.05, 0.1) is 16.9 Å². The summed E-state index contributed by atoms with van der Waals surface area (Å²) < 4.78 is 13.2. The fraction of sp³-hybridized carbons (Fsp3) is 0.0500. The predicted octanol–water partition coefficient (Wildman–Crippen LogP) is 4.00. The average molecular weight is 330 g/mol. The van der Waals surface area contributed by atoms with Crippen molar-refractivity contribution in [1.82, 2.24) is 15.0 Å². The van der Waals surface area contributed by atoms with E-state index in [1.165, 1.54) is 12.1 Å². The first-order valence-corrected chi connectivity index (χ1v) is 7.92. The van der Waals surface area contributed by atoms with E-state index in [-0.39, 0.29) is 11.8 Å². The number of pyridine rings is 1. The van der Waals surface area contributed by atoms with E-state index in [1.54, 1.807) is 12.1 Å². The van der Waals surface area contributed by atoms with Gasteiger partial charge in [0.15, 0.2) is 0 Å². The highest BCUT2D eigenvalue weighted by Gasteiger charge is 2.11. The van der Waals surface area contributed by atoms with Crippen molar-refractivity contribution in [3.8, 4) is 11.3 Å². The standard InChI is InChI=1S/C20H15FN4/c21-15-8-6-14(7-9-15)16-10-11-17-19(23-16)18(25-20(22)24-17)12-13-4-2-1-3-5-13/h1-11H,12H2,(H2,22,24,25). The Morgan fingerprint density at radius 1 is 0.800 bits per heavy atom. The van der Waals surface area contributed by atoms with Crippen molar-refractivity contribution in [3.05, 3.63) is 83.8 Å². The van der Waals surface area contributed by atoms with Gasteiger partial charge in [-0.3, -0.25) is 0 Å². The zero-order valence-corrected chi connectivity index (χ0v) is 13.4. The molecule has 2 aromatic carbocycles. The van der Waals surface area contributed by atoms with E-state index >= 15 is 0 Å². The van der Waals surface area contributed by atoms with Crippen LogP contribution >= 0.6 is 0 Å². The fourth-order valence-electron chi connectivity index (χ4n) is 2.79. The molecule has 0 spiro atoms. The van der Waals surface area contributed by atoms with Crippen molar-refractivity contribution in [2.75, 3.05) is 5.73 Å². The number of nitrogens with zero attached hydrogens (tertiary/aromatic N) is 3. The number of halogens is 1. The lowest BCUT2D eigenvalue weighted by Gasteiger charge is -2.08. The van der Waals surface area contributed by atoms with Gasteiger partial charge in [-0.2, -0.15) is 0 Å². The highest BCUT2D eigenvalue weighted by Crippen LogP contribution is 2.23. The van der Waals surface area contributed by atoms with Crippen LogP contribution in [0.5, 0.6) is 0 Å². The van der Waals surface area contributed by atoms with Gasteiger partial charge >= 0.3 is 0 Å². The first-order chi connectivity index (χ1) is 12.2. The van der Waals surface area contributed by atoms with E-state index in [2.05, 4.69) is 9.97 Å². The van der Waals surface area contributed by atoms with E-state index in [9.17, 15) is 4.39 Å². The molecule has 2 N–H and O–H groups in total. The summed E-state index contributed by atoms with van der Waals surface area (Å²) in [5.74, 6) is -0.0415. The molecule has 0 aliphatic rings. The van der Waals surface area contributed by atoms with Crippen molar-refractivity contribution in [1.29, 1.82) is 0 Å². The van der Waals surface area contributed by atoms with Crippen LogP contribution in [0.4, 0.5) is 10.3 Å². The van der Waals surface area contributed by atoms with Gasteiger partial charge in [-0.25, -0.2) is 19.3 Å². The van der Waals surface area contributed by atoms with Gasteiger partial charge in [0.1, 0.15) is 11.3 Å². The normalized spacial score (nSPS) is 10.9. The zero-order chi connectivity index (χ0) is 17.2. The molecule has 0 aliphatic heterocycles. The minimum absolute atomic E-state index is 0.231. The number of benzene rings is 2. The third-order valence-electron chi connectivity index (χ3n) is 3.99. The number of anilines is 1. The molecule has 0 aliphatic carbocycles. The average Bonchev–Trinajstić information content (AvgIpc) is 2.63. The molecule has 2 heterocycles. The summed E-state index contributed by atoms with van der Waals surface area (Å²) >= 11 is 0. The molecule has 0 unspecified atom stereocenters. The fourth-order valence-corrected chi connectivity index (χ4v) is 2.79. The Morgan fingerprint density at radius 2 is 1.56 bits per heavy atom. The number of nitrogens with two attached hydrogens (primary N) is 1. The SMILES string of the molecule is Nc1nc(Cc2ccccc2)c2nc(-c3ccc(F)cc3)ccc2n1. The molecule has 0 saturated carbocycles. The lowest BCUT2D eigenvalue weighted by Crippen LogP contribution is -2.03. The Kier molecular flexibility index (Phi) is 3.82. The summed E-state index contributed by atoms with van der Waals surface area (Å²) in [6.07, 6.45) is 0.615. The smallest absolute Gasteiger partial charge is 0.220 e. The van der Waals surface area contributed by atoms with Crippen LogP contribution < -0.4 is 5.73 Å². The highest BCUT2D eigenvalue weighted by molar-refractivity contribution is 5.81. The molecule has 0 radical (unpaired) electrons. The van der Waals surface area contributed by atoms with Crippen molar-refractivity contribution >= 4 is 17.0 Å². The summed E-state index contributed by atoms with van der Waals surface area (Å²) in [6, 6.07) is 20.0. The van der Waals surface area contributed by atoms with Crippen LogP contribution in [0.25, 0.3) is 22.3 Å². The van der Waals surface area contributed by atoms with Gasteiger partial charge in [0, 0.05) is 12.0 Å². The largest absolute Gasteiger partial charge is 0.368 e. The Bertz CT molecular complexity index is 1030. The molecule has 4 nitrogen and oxygen atoms in total. The van der Waals surface area contributed by atoms with Crippen molar-refractivity contribution in [3.63, 3.8) is 0 Å². The van der Waals surface area contributed by atoms with Gasteiger partial charge in [-0.1, -0.05) is 30.3 Å². The van der Waals surface area contributed by atoms with Gasteiger partial charge in [0.25, 0.3) is 0 Å². The summed E-state index contributed by atoms with van der Waals surface area (Å²) in [5, 5.41) is 0. The summed E-state index contributed by atoms with van der Waals surface area (Å²) in [5.41, 5.74) is 10.7. The van der Waals surface area contributed by atoms with Crippen LogP contribution in [-0.4, -0.2) is 15.0 Å². The molecular weight excluding hydrogens is 315 g/mol. The number of hydrogen-bond donors (Lipinski definition) is 1. The number of fused-ring (bicyclic) bond motifs is 1. The maximum Gasteiger partial charge on any atom is 0.220 e. The van der Waals surface area contributed by atoms with Gasteiger partial charge in [-0.05, 0) is 42.0 Å². The second-order valence-corrected chi connectivity index (χ2v) is 5.76. The number of rotatable bonds is 3. The second kappa shape index (κ2) is 6.28. The second-order valence-electron chi connectivity index (χ2n) is 5.76. The van der Waals surface area contributed by atoms with Gasteiger partial charge in [-0.15, -0.1) is 0 Å². The number of hydrogen-bond acceptors (Lipinski definition) is 4. The Morgan fingerprint density at radius 3 is 2.32 bits per heavy atom. The highest BCUT2D eigenvalue weighted by atomic mass is 19.1. The van der Waals surface area contributed by atoms with Gasteiger partial charge < -0.3 is 5.73 Å². The molecule has 0 amide bonds. The topological polar surface area (TPSA) is 64.7 Å². The Labute approximate surface area is 144 Å². The lowest BCUT2D eigenvalue weighted by atomic mass is 10.1. The van der Waals surface area contributed by atoms with Crippen LogP contribution in [0.3, 0.4) is 0 Å². The first-order valence-electron chi connectivity index (χ1n) is 7.92. The third-order valence-corrected chi connectivity index (χ3v) is 3.99. The maximum absolute atomic E-state index is 13.2. The van der Waals surface area contributed by atoms with Crippen molar-refractivity contribution < 1.29 is 4.39 Å². The van der Waals surface area contributed by atoms with Crippen LogP contribution in [-0.2, 0) is 6.42 Å². The molecule has 4 aromatic rings. The molecule has 0 saturated heterocycles. The molecule has 4 rings (SSSR count). The minimum Gasteiger partial charge on any atom is -0.368 e. The van der Waals surface area contributed by atoms with E-state index < -0.39 is 0 Å². The third kappa shape index (κ3) is 3.17. The van der Waals surface area contributed by atoms with E-state index in [0.717, 1.165) is 22.5 Å². The zero-order valence-electron chi connectivity index (χ0n) is 13.4. The lowest BCUT2D eigenvalue weighted by molar-refractivity contribution is 0.628. The van der Waals surface area contributed by atoms with Crippen LogP contribution in [0, 0.1) is 5.82 Å². The summed E-state index contributed by atoms with van der Waals surface area (Å²) in [6.45, 7) is 0. The maximum atomic E-state index is 13.2. The molecule has 25 heavy (non-hydrogen) atoms.